The maximum absolute atomic E-state index is 13.6. The first-order valence-electron chi connectivity index (χ1n) is 6.01. The molecule has 0 spiro atoms. The molecular formula is C13H19FN2O2. The van der Waals surface area contributed by atoms with Crippen LogP contribution in [0.5, 0.6) is 0 Å². The summed E-state index contributed by atoms with van der Waals surface area (Å²) in [4.78, 5) is 12.8. The van der Waals surface area contributed by atoms with Crippen LogP contribution < -0.4 is 10.6 Å². The largest absolute Gasteiger partial charge is 0.391 e. The standard InChI is InChI=1S/C13H19FN2O2/c1-2-3-7-16(8-13(15)18)12-6-4-5-11(14)10(12)9-17/h4-6,17H,2-3,7-9H2,1H3,(H2,15,18). The lowest BCUT2D eigenvalue weighted by Crippen LogP contribution is -2.35. The Hall–Kier alpha value is -1.62. The van der Waals surface area contributed by atoms with Gasteiger partial charge < -0.3 is 15.7 Å². The Bertz CT molecular complexity index is 410. The van der Waals surface area contributed by atoms with Crippen molar-refractivity contribution in [1.82, 2.24) is 0 Å². The van der Waals surface area contributed by atoms with Crippen molar-refractivity contribution in [2.75, 3.05) is 18.0 Å². The molecule has 0 heterocycles. The van der Waals surface area contributed by atoms with Crippen molar-refractivity contribution in [2.24, 2.45) is 5.73 Å². The summed E-state index contributed by atoms with van der Waals surface area (Å²) < 4.78 is 13.6. The molecule has 5 heteroatoms. The van der Waals surface area contributed by atoms with E-state index in [0.29, 0.717) is 12.2 Å². The topological polar surface area (TPSA) is 66.6 Å². The predicted octanol–water partition coefficient (Wildman–Crippen LogP) is 1.41. The zero-order chi connectivity index (χ0) is 13.5. The minimum atomic E-state index is -0.473. The van der Waals surface area contributed by atoms with Crippen LogP contribution in [0.2, 0.25) is 0 Å². The Kier molecular flexibility index (Phi) is 5.58. The van der Waals surface area contributed by atoms with Gasteiger partial charge in [-0.3, -0.25) is 4.79 Å². The number of carbonyl (C=O) groups is 1. The van der Waals surface area contributed by atoms with Crippen LogP contribution >= 0.6 is 0 Å². The highest BCUT2D eigenvalue weighted by Crippen LogP contribution is 2.23. The van der Waals surface area contributed by atoms with E-state index >= 15 is 0 Å². The van der Waals surface area contributed by atoms with Crippen molar-refractivity contribution in [3.63, 3.8) is 0 Å². The quantitative estimate of drug-likeness (QED) is 0.773. The number of primary amides is 1. The number of nitrogens with zero attached hydrogens (tertiary/aromatic N) is 1. The number of aliphatic hydroxyl groups excluding tert-OH is 1. The average molecular weight is 254 g/mol. The van der Waals surface area contributed by atoms with E-state index in [1.54, 1.807) is 17.0 Å². The molecule has 0 atom stereocenters. The number of unbranched alkanes of at least 4 members (excludes halogenated alkanes) is 1. The Labute approximate surface area is 106 Å². The van der Waals surface area contributed by atoms with E-state index in [-0.39, 0.29) is 12.1 Å². The van der Waals surface area contributed by atoms with Gasteiger partial charge in [-0.1, -0.05) is 19.4 Å². The number of hydrogen-bond donors (Lipinski definition) is 2. The molecule has 0 aromatic heterocycles. The molecule has 0 aliphatic heterocycles. The summed E-state index contributed by atoms with van der Waals surface area (Å²) in [5.41, 5.74) is 5.93. The van der Waals surface area contributed by atoms with Crippen LogP contribution in [0.25, 0.3) is 0 Å². The highest BCUT2D eigenvalue weighted by Gasteiger charge is 2.15. The summed E-state index contributed by atoms with van der Waals surface area (Å²) >= 11 is 0. The molecular weight excluding hydrogens is 235 g/mol. The second-order valence-corrected chi connectivity index (χ2v) is 4.14. The second kappa shape index (κ2) is 6.96. The van der Waals surface area contributed by atoms with Crippen LogP contribution in [-0.2, 0) is 11.4 Å². The molecule has 1 aromatic rings. The van der Waals surface area contributed by atoms with Crippen LogP contribution in [0.3, 0.4) is 0 Å². The van der Waals surface area contributed by atoms with E-state index in [0.717, 1.165) is 12.8 Å². The molecule has 1 rings (SSSR count). The van der Waals surface area contributed by atoms with Crippen molar-refractivity contribution in [1.29, 1.82) is 0 Å². The Balaban J connectivity index is 3.03. The van der Waals surface area contributed by atoms with E-state index in [1.165, 1.54) is 6.07 Å². The third kappa shape index (κ3) is 3.70. The minimum absolute atomic E-state index is 0.0243. The highest BCUT2D eigenvalue weighted by molar-refractivity contribution is 5.80. The number of carbonyl (C=O) groups excluding carboxylic acids is 1. The third-order valence-corrected chi connectivity index (χ3v) is 2.72. The molecule has 0 unspecified atom stereocenters. The number of anilines is 1. The van der Waals surface area contributed by atoms with Gasteiger partial charge in [-0.15, -0.1) is 0 Å². The van der Waals surface area contributed by atoms with Crippen molar-refractivity contribution in [3.05, 3.63) is 29.6 Å². The Morgan fingerprint density at radius 3 is 2.78 bits per heavy atom. The number of benzene rings is 1. The van der Waals surface area contributed by atoms with E-state index in [1.807, 2.05) is 6.92 Å². The summed E-state index contributed by atoms with van der Waals surface area (Å²) in [5, 5.41) is 9.22. The molecule has 0 saturated heterocycles. The van der Waals surface area contributed by atoms with Gasteiger partial charge in [0, 0.05) is 17.8 Å². The lowest BCUT2D eigenvalue weighted by atomic mass is 10.1. The van der Waals surface area contributed by atoms with Gasteiger partial charge in [-0.25, -0.2) is 4.39 Å². The van der Waals surface area contributed by atoms with Gasteiger partial charge in [0.15, 0.2) is 0 Å². The Morgan fingerprint density at radius 2 is 2.22 bits per heavy atom. The number of aliphatic hydroxyl groups is 1. The van der Waals surface area contributed by atoms with Gasteiger partial charge in [-0.05, 0) is 18.6 Å². The molecule has 0 aliphatic rings. The van der Waals surface area contributed by atoms with Crippen LogP contribution in [0.1, 0.15) is 25.3 Å². The van der Waals surface area contributed by atoms with Gasteiger partial charge in [0.05, 0.1) is 13.2 Å². The molecule has 0 radical (unpaired) electrons. The molecule has 0 saturated carbocycles. The lowest BCUT2D eigenvalue weighted by Gasteiger charge is -2.25. The van der Waals surface area contributed by atoms with E-state index in [4.69, 9.17) is 5.73 Å². The Morgan fingerprint density at radius 1 is 1.50 bits per heavy atom. The molecule has 4 nitrogen and oxygen atoms in total. The molecule has 0 bridgehead atoms. The summed E-state index contributed by atoms with van der Waals surface area (Å²) in [5.74, 6) is -0.944. The van der Waals surface area contributed by atoms with Gasteiger partial charge in [0.1, 0.15) is 5.82 Å². The van der Waals surface area contributed by atoms with E-state index in [2.05, 4.69) is 0 Å². The number of amides is 1. The van der Waals surface area contributed by atoms with Crippen LogP contribution in [-0.4, -0.2) is 24.1 Å². The average Bonchev–Trinajstić information content (AvgIpc) is 2.33. The first-order valence-corrected chi connectivity index (χ1v) is 6.01. The van der Waals surface area contributed by atoms with Gasteiger partial charge in [0.2, 0.25) is 5.91 Å². The molecule has 0 fully saturated rings. The summed E-state index contributed by atoms with van der Waals surface area (Å²) in [6, 6.07) is 4.54. The first-order chi connectivity index (χ1) is 8.60. The zero-order valence-electron chi connectivity index (χ0n) is 10.5. The van der Waals surface area contributed by atoms with E-state index < -0.39 is 18.3 Å². The first kappa shape index (κ1) is 14.4. The van der Waals surface area contributed by atoms with Crippen molar-refractivity contribution in [3.8, 4) is 0 Å². The number of rotatable bonds is 7. The minimum Gasteiger partial charge on any atom is -0.391 e. The van der Waals surface area contributed by atoms with Crippen molar-refractivity contribution in [2.45, 2.75) is 26.4 Å². The maximum atomic E-state index is 13.6. The monoisotopic (exact) mass is 254 g/mol. The fourth-order valence-corrected chi connectivity index (χ4v) is 1.82. The third-order valence-electron chi connectivity index (χ3n) is 2.72. The molecule has 1 aromatic carbocycles. The second-order valence-electron chi connectivity index (χ2n) is 4.14. The summed E-state index contributed by atoms with van der Waals surface area (Å²) in [7, 11) is 0. The van der Waals surface area contributed by atoms with Gasteiger partial charge in [0.25, 0.3) is 0 Å². The SMILES string of the molecule is CCCCN(CC(N)=O)c1cccc(F)c1CO. The number of hydrogen-bond acceptors (Lipinski definition) is 3. The highest BCUT2D eigenvalue weighted by atomic mass is 19.1. The van der Waals surface area contributed by atoms with Crippen molar-refractivity contribution < 1.29 is 14.3 Å². The fraction of sp³-hybridized carbons (Fsp3) is 0.462. The van der Waals surface area contributed by atoms with Crippen LogP contribution in [0.4, 0.5) is 10.1 Å². The summed E-state index contributed by atoms with van der Waals surface area (Å²) in [6.45, 7) is 2.26. The number of halogens is 1. The number of nitrogens with two attached hydrogens (primary N) is 1. The summed E-state index contributed by atoms with van der Waals surface area (Å²) in [6.07, 6.45) is 1.83. The van der Waals surface area contributed by atoms with Crippen LogP contribution in [0, 0.1) is 5.82 Å². The van der Waals surface area contributed by atoms with Gasteiger partial charge in [-0.2, -0.15) is 0 Å². The predicted molar refractivity (Wildman–Crippen MR) is 68.6 cm³/mol. The molecule has 100 valence electrons. The fourth-order valence-electron chi connectivity index (χ4n) is 1.82. The molecule has 0 aliphatic carbocycles. The molecule has 1 amide bonds. The lowest BCUT2D eigenvalue weighted by molar-refractivity contribution is -0.116. The maximum Gasteiger partial charge on any atom is 0.236 e. The molecule has 3 N–H and O–H groups in total. The molecule has 18 heavy (non-hydrogen) atoms. The zero-order valence-corrected chi connectivity index (χ0v) is 10.5. The van der Waals surface area contributed by atoms with Crippen LogP contribution in [0.15, 0.2) is 18.2 Å². The normalized spacial score (nSPS) is 10.4. The van der Waals surface area contributed by atoms with Gasteiger partial charge >= 0.3 is 0 Å². The van der Waals surface area contributed by atoms with Crippen molar-refractivity contribution >= 4 is 11.6 Å². The smallest absolute Gasteiger partial charge is 0.236 e. The van der Waals surface area contributed by atoms with E-state index in [9.17, 15) is 14.3 Å².